The molecule has 0 saturated carbocycles. The van der Waals surface area contributed by atoms with E-state index in [1.807, 2.05) is 66.5 Å². The van der Waals surface area contributed by atoms with Crippen LogP contribution < -0.4 is 10.2 Å². The van der Waals surface area contributed by atoms with Crippen molar-refractivity contribution in [2.75, 3.05) is 23.8 Å². The molecule has 2 aromatic carbocycles. The summed E-state index contributed by atoms with van der Waals surface area (Å²) >= 11 is 3.41. The van der Waals surface area contributed by atoms with Crippen molar-refractivity contribution in [2.45, 2.75) is 0 Å². The van der Waals surface area contributed by atoms with Gasteiger partial charge in [0, 0.05) is 17.2 Å². The van der Waals surface area contributed by atoms with E-state index in [0.717, 1.165) is 15.8 Å². The topological polar surface area (TPSA) is 32.3 Å². The smallest absolute Gasteiger partial charge is 0.243 e. The number of halogens is 1. The lowest BCUT2D eigenvalue weighted by molar-refractivity contribution is -0.114. The Kier molecular flexibility index (Phi) is 4.58. The second kappa shape index (κ2) is 6.38. The number of anilines is 2. The van der Waals surface area contributed by atoms with Gasteiger partial charge >= 0.3 is 0 Å². The van der Waals surface area contributed by atoms with Crippen LogP contribution in [0.2, 0.25) is 0 Å². The summed E-state index contributed by atoms with van der Waals surface area (Å²) in [4.78, 5) is 13.9. The number of carbonyl (C=O) groups is 1. The van der Waals surface area contributed by atoms with E-state index in [9.17, 15) is 4.79 Å². The fourth-order valence-electron chi connectivity index (χ4n) is 1.74. The van der Waals surface area contributed by atoms with Gasteiger partial charge in [0.05, 0.1) is 12.2 Å². The highest BCUT2D eigenvalue weighted by atomic mass is 79.9. The zero-order chi connectivity index (χ0) is 13.7. The monoisotopic (exact) mass is 318 g/mol. The van der Waals surface area contributed by atoms with E-state index in [4.69, 9.17) is 0 Å². The van der Waals surface area contributed by atoms with Crippen molar-refractivity contribution >= 4 is 33.2 Å². The summed E-state index contributed by atoms with van der Waals surface area (Å²) in [6, 6.07) is 17.4. The molecule has 0 unspecified atom stereocenters. The van der Waals surface area contributed by atoms with E-state index in [0.29, 0.717) is 6.54 Å². The first-order valence-electron chi connectivity index (χ1n) is 5.97. The molecule has 0 aliphatic carbocycles. The van der Waals surface area contributed by atoms with Gasteiger partial charge in [0.15, 0.2) is 0 Å². The van der Waals surface area contributed by atoms with Crippen molar-refractivity contribution in [1.82, 2.24) is 0 Å². The maximum Gasteiger partial charge on any atom is 0.243 e. The fraction of sp³-hybridized carbons (Fsp3) is 0.133. The van der Waals surface area contributed by atoms with E-state index in [-0.39, 0.29) is 5.91 Å². The molecule has 0 fully saturated rings. The first kappa shape index (κ1) is 13.6. The molecule has 0 radical (unpaired) electrons. The highest BCUT2D eigenvalue weighted by molar-refractivity contribution is 9.10. The molecule has 98 valence electrons. The van der Waals surface area contributed by atoms with E-state index in [1.54, 1.807) is 0 Å². The Balaban J connectivity index is 1.97. The zero-order valence-corrected chi connectivity index (χ0v) is 12.2. The van der Waals surface area contributed by atoms with Crippen LogP contribution in [0.15, 0.2) is 59.1 Å². The van der Waals surface area contributed by atoms with Gasteiger partial charge in [-0.2, -0.15) is 0 Å². The molecule has 2 rings (SSSR count). The highest BCUT2D eigenvalue weighted by Crippen LogP contribution is 2.21. The first-order valence-corrected chi connectivity index (χ1v) is 6.76. The maximum absolute atomic E-state index is 12.0. The third-order valence-electron chi connectivity index (χ3n) is 2.73. The number of nitrogens with one attached hydrogen (secondary N) is 1. The van der Waals surface area contributed by atoms with Gasteiger partial charge in [0.25, 0.3) is 0 Å². The number of benzene rings is 2. The number of hydrogen-bond donors (Lipinski definition) is 1. The minimum atomic E-state index is -0.0433. The molecule has 4 heteroatoms. The summed E-state index contributed by atoms with van der Waals surface area (Å²) in [5.41, 5.74) is 1.80. The predicted octanol–water partition coefficient (Wildman–Crippen LogP) is 3.52. The van der Waals surface area contributed by atoms with Crippen LogP contribution in [0.3, 0.4) is 0 Å². The van der Waals surface area contributed by atoms with Crippen LogP contribution in [0.1, 0.15) is 0 Å². The molecular formula is C15H15BrN2O. The van der Waals surface area contributed by atoms with E-state index < -0.39 is 0 Å². The average Bonchev–Trinajstić information content (AvgIpc) is 2.42. The van der Waals surface area contributed by atoms with Crippen LogP contribution in [0, 0.1) is 0 Å². The molecule has 0 saturated heterocycles. The molecule has 0 bridgehead atoms. The number of para-hydroxylation sites is 2. The number of rotatable bonds is 4. The summed E-state index contributed by atoms with van der Waals surface area (Å²) in [6.45, 7) is 0.311. The second-order valence-electron chi connectivity index (χ2n) is 4.22. The quantitative estimate of drug-likeness (QED) is 0.935. The highest BCUT2D eigenvalue weighted by Gasteiger charge is 2.08. The zero-order valence-electron chi connectivity index (χ0n) is 10.6. The molecule has 0 aliphatic rings. The number of hydrogen-bond acceptors (Lipinski definition) is 2. The van der Waals surface area contributed by atoms with Crippen molar-refractivity contribution in [1.29, 1.82) is 0 Å². The molecule has 3 nitrogen and oxygen atoms in total. The number of amides is 1. The van der Waals surface area contributed by atoms with Gasteiger partial charge in [-0.05, 0) is 40.2 Å². The Hall–Kier alpha value is -1.81. The van der Waals surface area contributed by atoms with Gasteiger partial charge in [-0.15, -0.1) is 0 Å². The number of nitrogens with zero attached hydrogens (tertiary/aromatic N) is 1. The van der Waals surface area contributed by atoms with Gasteiger partial charge in [0.1, 0.15) is 0 Å². The number of likely N-dealkylation sites (N-methyl/N-ethyl adjacent to an activating group) is 1. The van der Waals surface area contributed by atoms with Gasteiger partial charge < -0.3 is 10.2 Å². The van der Waals surface area contributed by atoms with Crippen molar-refractivity contribution in [3.05, 3.63) is 59.1 Å². The second-order valence-corrected chi connectivity index (χ2v) is 5.07. The van der Waals surface area contributed by atoms with Crippen molar-refractivity contribution in [3.63, 3.8) is 0 Å². The fourth-order valence-corrected chi connectivity index (χ4v) is 2.13. The molecule has 0 aliphatic heterocycles. The molecule has 0 heterocycles. The third-order valence-corrected chi connectivity index (χ3v) is 3.42. The standard InChI is InChI=1S/C15H15BrN2O/c1-18(12-7-3-2-4-8-12)11-15(19)17-14-10-6-5-9-13(14)16/h2-10H,11H2,1H3,(H,17,19). The maximum atomic E-state index is 12.0. The molecule has 1 N–H and O–H groups in total. The molecule has 0 spiro atoms. The Labute approximate surface area is 121 Å². The third kappa shape index (κ3) is 3.83. The minimum absolute atomic E-state index is 0.0433. The summed E-state index contributed by atoms with van der Waals surface area (Å²) in [5, 5.41) is 2.88. The van der Waals surface area contributed by atoms with E-state index in [1.165, 1.54) is 0 Å². The minimum Gasteiger partial charge on any atom is -0.365 e. The van der Waals surface area contributed by atoms with Crippen molar-refractivity contribution < 1.29 is 4.79 Å². The average molecular weight is 319 g/mol. The lowest BCUT2D eigenvalue weighted by Crippen LogP contribution is -2.30. The summed E-state index contributed by atoms with van der Waals surface area (Å²) in [5.74, 6) is -0.0433. The first-order chi connectivity index (χ1) is 9.16. The van der Waals surface area contributed by atoms with Crippen molar-refractivity contribution in [2.24, 2.45) is 0 Å². The van der Waals surface area contributed by atoms with Crippen LogP contribution >= 0.6 is 15.9 Å². The Bertz CT molecular complexity index is 557. The Morgan fingerprint density at radius 3 is 2.42 bits per heavy atom. The predicted molar refractivity (Wildman–Crippen MR) is 82.5 cm³/mol. The lowest BCUT2D eigenvalue weighted by atomic mass is 10.3. The summed E-state index contributed by atoms with van der Waals surface area (Å²) < 4.78 is 0.880. The molecular weight excluding hydrogens is 304 g/mol. The molecule has 0 aromatic heterocycles. The molecule has 2 aromatic rings. The van der Waals surface area contributed by atoms with Gasteiger partial charge in [-0.25, -0.2) is 0 Å². The SMILES string of the molecule is CN(CC(=O)Nc1ccccc1Br)c1ccccc1. The lowest BCUT2D eigenvalue weighted by Gasteiger charge is -2.18. The van der Waals surface area contributed by atoms with E-state index >= 15 is 0 Å². The van der Waals surface area contributed by atoms with Crippen LogP contribution in [-0.4, -0.2) is 19.5 Å². The van der Waals surface area contributed by atoms with E-state index in [2.05, 4.69) is 21.2 Å². The largest absolute Gasteiger partial charge is 0.365 e. The summed E-state index contributed by atoms with van der Waals surface area (Å²) in [7, 11) is 1.90. The van der Waals surface area contributed by atoms with Crippen molar-refractivity contribution in [3.8, 4) is 0 Å². The van der Waals surface area contributed by atoms with Crippen LogP contribution in [-0.2, 0) is 4.79 Å². The van der Waals surface area contributed by atoms with Crippen LogP contribution in [0.5, 0.6) is 0 Å². The molecule has 19 heavy (non-hydrogen) atoms. The van der Waals surface area contributed by atoms with Gasteiger partial charge in [0.2, 0.25) is 5.91 Å². The molecule has 1 amide bonds. The normalized spacial score (nSPS) is 10.0. The Morgan fingerprint density at radius 1 is 1.11 bits per heavy atom. The number of carbonyl (C=O) groups excluding carboxylic acids is 1. The summed E-state index contributed by atoms with van der Waals surface area (Å²) in [6.07, 6.45) is 0. The van der Waals surface area contributed by atoms with Crippen LogP contribution in [0.25, 0.3) is 0 Å². The molecule has 0 atom stereocenters. The van der Waals surface area contributed by atoms with Gasteiger partial charge in [-0.1, -0.05) is 30.3 Å². The Morgan fingerprint density at radius 2 is 1.74 bits per heavy atom. The van der Waals surface area contributed by atoms with Gasteiger partial charge in [-0.3, -0.25) is 4.79 Å². The van der Waals surface area contributed by atoms with Crippen LogP contribution in [0.4, 0.5) is 11.4 Å².